The predicted molar refractivity (Wildman–Crippen MR) is 50.9 cm³/mol. The van der Waals surface area contributed by atoms with Crippen LogP contribution in [0.3, 0.4) is 0 Å². The Bertz CT molecular complexity index is 202. The molecule has 0 fully saturated rings. The molecule has 0 radical (unpaired) electrons. The molecule has 0 aliphatic rings. The highest BCUT2D eigenvalue weighted by Crippen LogP contribution is 1.90. The highest BCUT2D eigenvalue weighted by molar-refractivity contribution is 5.77. The van der Waals surface area contributed by atoms with Crippen LogP contribution < -0.4 is 11.3 Å². The van der Waals surface area contributed by atoms with Gasteiger partial charge in [0, 0.05) is 26.6 Å². The molecule has 0 aromatic heterocycles. The Balaban J connectivity index is 3.84. The van der Waals surface area contributed by atoms with E-state index >= 15 is 0 Å². The van der Waals surface area contributed by atoms with E-state index in [0.717, 1.165) is 0 Å². The van der Waals surface area contributed by atoms with Crippen molar-refractivity contribution in [1.29, 1.82) is 5.26 Å². The van der Waals surface area contributed by atoms with Gasteiger partial charge in [0.15, 0.2) is 0 Å². The molecule has 6 nitrogen and oxygen atoms in total. The van der Waals surface area contributed by atoms with Crippen LogP contribution >= 0.6 is 0 Å². The lowest BCUT2D eigenvalue weighted by Crippen LogP contribution is -2.41. The average molecular weight is 200 g/mol. The number of hydrogen-bond donors (Lipinski definition) is 2. The molecule has 0 aliphatic heterocycles. The lowest BCUT2D eigenvalue weighted by Gasteiger charge is -2.19. The Hall–Kier alpha value is -1.16. The van der Waals surface area contributed by atoms with Crippen LogP contribution in [0.25, 0.3) is 0 Å². The molecule has 1 amide bonds. The topological polar surface area (TPSA) is 91.4 Å². The molecule has 6 heteroatoms. The zero-order valence-corrected chi connectivity index (χ0v) is 8.32. The van der Waals surface area contributed by atoms with Crippen molar-refractivity contribution in [1.82, 2.24) is 10.3 Å². The summed E-state index contributed by atoms with van der Waals surface area (Å²) in [5, 5.41) is 8.40. The molecular formula is C8H16N4O2. The van der Waals surface area contributed by atoms with E-state index in [9.17, 15) is 4.79 Å². The van der Waals surface area contributed by atoms with Gasteiger partial charge in [0.05, 0.1) is 19.2 Å². The molecule has 14 heavy (non-hydrogen) atoms. The second kappa shape index (κ2) is 8.44. The third-order valence-electron chi connectivity index (χ3n) is 1.68. The summed E-state index contributed by atoms with van der Waals surface area (Å²) in [7, 11) is 1.59. The first-order valence-electron chi connectivity index (χ1n) is 4.32. The molecule has 0 saturated heterocycles. The van der Waals surface area contributed by atoms with Crippen LogP contribution in [0.4, 0.5) is 0 Å². The maximum atomic E-state index is 10.9. The molecular weight excluding hydrogens is 184 g/mol. The number of carbonyl (C=O) groups excluding carboxylic acids is 1. The van der Waals surface area contributed by atoms with Gasteiger partial charge in [-0.15, -0.1) is 0 Å². The highest BCUT2D eigenvalue weighted by Gasteiger charge is 2.08. The van der Waals surface area contributed by atoms with E-state index in [-0.39, 0.29) is 12.5 Å². The Morgan fingerprint density at radius 1 is 1.64 bits per heavy atom. The van der Waals surface area contributed by atoms with Gasteiger partial charge in [0.1, 0.15) is 0 Å². The van der Waals surface area contributed by atoms with Crippen molar-refractivity contribution in [2.24, 2.45) is 5.84 Å². The van der Waals surface area contributed by atoms with Crippen molar-refractivity contribution >= 4 is 5.91 Å². The highest BCUT2D eigenvalue weighted by atomic mass is 16.5. The number of nitriles is 1. The van der Waals surface area contributed by atoms with Gasteiger partial charge in [0.2, 0.25) is 5.91 Å². The Labute approximate surface area is 83.6 Å². The van der Waals surface area contributed by atoms with Gasteiger partial charge in [-0.1, -0.05) is 0 Å². The molecule has 3 N–H and O–H groups in total. The third-order valence-corrected chi connectivity index (χ3v) is 1.68. The van der Waals surface area contributed by atoms with Gasteiger partial charge in [-0.2, -0.15) is 5.26 Å². The lowest BCUT2D eigenvalue weighted by molar-refractivity contribution is -0.122. The second-order valence-electron chi connectivity index (χ2n) is 2.74. The van der Waals surface area contributed by atoms with Crippen LogP contribution in [-0.4, -0.2) is 44.2 Å². The van der Waals surface area contributed by atoms with E-state index in [4.69, 9.17) is 15.8 Å². The quantitative estimate of drug-likeness (QED) is 0.307. The van der Waals surface area contributed by atoms with Crippen LogP contribution in [0.2, 0.25) is 0 Å². The van der Waals surface area contributed by atoms with E-state index < -0.39 is 0 Å². The van der Waals surface area contributed by atoms with Crippen molar-refractivity contribution in [3.8, 4) is 6.07 Å². The third kappa shape index (κ3) is 6.37. The first-order chi connectivity index (χ1) is 6.74. The molecule has 0 aromatic rings. The number of methoxy groups -OCH3 is 1. The number of hydrogen-bond acceptors (Lipinski definition) is 5. The van der Waals surface area contributed by atoms with Gasteiger partial charge in [-0.05, 0) is 0 Å². The van der Waals surface area contributed by atoms with Gasteiger partial charge < -0.3 is 4.74 Å². The minimum Gasteiger partial charge on any atom is -0.383 e. The van der Waals surface area contributed by atoms with Gasteiger partial charge in [0.25, 0.3) is 0 Å². The number of carbonyl (C=O) groups is 1. The Morgan fingerprint density at radius 2 is 2.36 bits per heavy atom. The number of rotatable bonds is 7. The molecule has 0 bridgehead atoms. The fourth-order valence-electron chi connectivity index (χ4n) is 0.947. The van der Waals surface area contributed by atoms with Crippen molar-refractivity contribution < 1.29 is 9.53 Å². The minimum atomic E-state index is -0.265. The van der Waals surface area contributed by atoms with E-state index in [0.29, 0.717) is 26.1 Å². The van der Waals surface area contributed by atoms with Crippen LogP contribution in [0.15, 0.2) is 0 Å². The smallest absolute Gasteiger partial charge is 0.248 e. The minimum absolute atomic E-state index is 0.196. The van der Waals surface area contributed by atoms with E-state index in [1.54, 1.807) is 7.11 Å². The van der Waals surface area contributed by atoms with Gasteiger partial charge in [-0.3, -0.25) is 15.1 Å². The maximum absolute atomic E-state index is 10.9. The first-order valence-corrected chi connectivity index (χ1v) is 4.32. The normalized spacial score (nSPS) is 9.86. The zero-order valence-electron chi connectivity index (χ0n) is 8.32. The van der Waals surface area contributed by atoms with Crippen LogP contribution in [0.1, 0.15) is 6.42 Å². The molecule has 0 saturated carbocycles. The summed E-state index contributed by atoms with van der Waals surface area (Å²) in [6, 6.07) is 2.02. The average Bonchev–Trinajstić information content (AvgIpc) is 2.21. The van der Waals surface area contributed by atoms with Crippen molar-refractivity contribution in [2.45, 2.75) is 6.42 Å². The van der Waals surface area contributed by atoms with Crippen molar-refractivity contribution in [3.63, 3.8) is 0 Å². The number of nitrogens with two attached hydrogens (primary N) is 1. The van der Waals surface area contributed by atoms with E-state index in [1.165, 1.54) is 0 Å². The second-order valence-corrected chi connectivity index (χ2v) is 2.74. The van der Waals surface area contributed by atoms with Crippen LogP contribution in [-0.2, 0) is 9.53 Å². The molecule has 0 unspecified atom stereocenters. The SMILES string of the molecule is COCCN(CCC#N)CC(=O)NN. The summed E-state index contributed by atoms with van der Waals surface area (Å²) in [4.78, 5) is 12.8. The molecule has 0 spiro atoms. The zero-order chi connectivity index (χ0) is 10.8. The van der Waals surface area contributed by atoms with Gasteiger partial charge >= 0.3 is 0 Å². The van der Waals surface area contributed by atoms with Crippen LogP contribution in [0.5, 0.6) is 0 Å². The molecule has 80 valence electrons. The lowest BCUT2D eigenvalue weighted by atomic mass is 10.4. The Morgan fingerprint density at radius 3 is 2.86 bits per heavy atom. The molecule has 0 heterocycles. The number of hydrazine groups is 1. The summed E-state index contributed by atoms with van der Waals surface area (Å²) >= 11 is 0. The molecule has 0 rings (SSSR count). The summed E-state index contributed by atoms with van der Waals surface area (Å²) < 4.78 is 4.88. The summed E-state index contributed by atoms with van der Waals surface area (Å²) in [5.41, 5.74) is 2.04. The summed E-state index contributed by atoms with van der Waals surface area (Å²) in [5.74, 6) is 4.69. The predicted octanol–water partition coefficient (Wildman–Crippen LogP) is -1.16. The largest absolute Gasteiger partial charge is 0.383 e. The van der Waals surface area contributed by atoms with Crippen molar-refractivity contribution in [2.75, 3.05) is 33.4 Å². The maximum Gasteiger partial charge on any atom is 0.248 e. The number of ether oxygens (including phenoxy) is 1. The first kappa shape index (κ1) is 12.8. The standard InChI is InChI=1S/C8H16N4O2/c1-14-6-5-12(4-2-3-9)7-8(13)11-10/h2,4-7,10H2,1H3,(H,11,13). The number of amides is 1. The fraction of sp³-hybridized carbons (Fsp3) is 0.750. The number of nitrogens with zero attached hydrogens (tertiary/aromatic N) is 2. The monoisotopic (exact) mass is 200 g/mol. The molecule has 0 aliphatic carbocycles. The molecule has 0 aromatic carbocycles. The van der Waals surface area contributed by atoms with E-state index in [1.807, 2.05) is 16.4 Å². The van der Waals surface area contributed by atoms with E-state index in [2.05, 4.69) is 0 Å². The fourth-order valence-corrected chi connectivity index (χ4v) is 0.947. The van der Waals surface area contributed by atoms with Crippen molar-refractivity contribution in [3.05, 3.63) is 0 Å². The number of nitrogens with one attached hydrogen (secondary N) is 1. The molecule has 0 atom stereocenters. The van der Waals surface area contributed by atoms with Crippen LogP contribution in [0, 0.1) is 11.3 Å². The summed E-state index contributed by atoms with van der Waals surface area (Å²) in [6.45, 7) is 1.89. The summed E-state index contributed by atoms with van der Waals surface area (Å²) in [6.07, 6.45) is 0.390. The Kier molecular flexibility index (Phi) is 7.74. The van der Waals surface area contributed by atoms with Gasteiger partial charge in [-0.25, -0.2) is 5.84 Å².